The van der Waals surface area contributed by atoms with Gasteiger partial charge in [-0.1, -0.05) is 11.6 Å². The highest BCUT2D eigenvalue weighted by Crippen LogP contribution is 2.25. The molecule has 0 unspecified atom stereocenters. The molecule has 114 valence electrons. The standard InChI is InChI=1S/C14H14ClF2NO3/c15-10-6-12(17)11(16)5-9(10)13(19)18-8-3-1-7(2-4-8)14(20)21/h5-8H,1-4H2,(H,18,19)(H,20,21). The number of carboxylic acid groups (broad SMARTS) is 1. The molecule has 0 heterocycles. The molecule has 0 atom stereocenters. The Hall–Kier alpha value is -1.69. The maximum Gasteiger partial charge on any atom is 0.306 e. The Bertz CT molecular complexity index is 572. The van der Waals surface area contributed by atoms with Crippen molar-refractivity contribution >= 4 is 23.5 Å². The van der Waals surface area contributed by atoms with Gasteiger partial charge in [-0.25, -0.2) is 8.78 Å². The molecular formula is C14H14ClF2NO3. The van der Waals surface area contributed by atoms with Gasteiger partial charge in [-0.2, -0.15) is 0 Å². The number of nitrogens with one attached hydrogen (secondary N) is 1. The number of carboxylic acids is 1. The van der Waals surface area contributed by atoms with Gasteiger partial charge in [0.1, 0.15) is 0 Å². The molecule has 1 aromatic rings. The highest BCUT2D eigenvalue weighted by molar-refractivity contribution is 6.33. The van der Waals surface area contributed by atoms with Gasteiger partial charge in [-0.15, -0.1) is 0 Å². The zero-order valence-corrected chi connectivity index (χ0v) is 11.8. The summed E-state index contributed by atoms with van der Waals surface area (Å²) in [6.45, 7) is 0. The first-order valence-corrected chi connectivity index (χ1v) is 6.94. The van der Waals surface area contributed by atoms with Crippen molar-refractivity contribution in [1.82, 2.24) is 5.32 Å². The van der Waals surface area contributed by atoms with E-state index in [0.717, 1.165) is 12.1 Å². The molecule has 1 fully saturated rings. The average Bonchev–Trinajstić information content (AvgIpc) is 2.43. The van der Waals surface area contributed by atoms with Crippen LogP contribution in [0.25, 0.3) is 0 Å². The van der Waals surface area contributed by atoms with E-state index in [1.807, 2.05) is 0 Å². The van der Waals surface area contributed by atoms with E-state index in [1.165, 1.54) is 0 Å². The van der Waals surface area contributed by atoms with Crippen LogP contribution in [0.2, 0.25) is 5.02 Å². The lowest BCUT2D eigenvalue weighted by atomic mass is 9.86. The number of hydrogen-bond donors (Lipinski definition) is 2. The lowest BCUT2D eigenvalue weighted by molar-refractivity contribution is -0.142. The number of aliphatic carboxylic acids is 1. The summed E-state index contributed by atoms with van der Waals surface area (Å²) in [5, 5.41) is 11.4. The van der Waals surface area contributed by atoms with Crippen LogP contribution in [0.15, 0.2) is 12.1 Å². The summed E-state index contributed by atoms with van der Waals surface area (Å²) < 4.78 is 26.1. The summed E-state index contributed by atoms with van der Waals surface area (Å²) >= 11 is 5.73. The SMILES string of the molecule is O=C(NC1CCC(C(=O)O)CC1)c1cc(F)c(F)cc1Cl. The Morgan fingerprint density at radius 3 is 2.29 bits per heavy atom. The van der Waals surface area contributed by atoms with Crippen LogP contribution in [0.5, 0.6) is 0 Å². The van der Waals surface area contributed by atoms with E-state index < -0.39 is 23.5 Å². The Balaban J connectivity index is 2.00. The van der Waals surface area contributed by atoms with Gasteiger partial charge in [0, 0.05) is 6.04 Å². The lowest BCUT2D eigenvalue weighted by Crippen LogP contribution is -2.38. The molecule has 1 amide bonds. The third-order valence-electron chi connectivity index (χ3n) is 3.67. The van der Waals surface area contributed by atoms with Gasteiger partial charge in [-0.05, 0) is 37.8 Å². The van der Waals surface area contributed by atoms with Crippen molar-refractivity contribution < 1.29 is 23.5 Å². The van der Waals surface area contributed by atoms with Crippen LogP contribution < -0.4 is 5.32 Å². The zero-order valence-electron chi connectivity index (χ0n) is 11.0. The predicted molar refractivity (Wildman–Crippen MR) is 72.2 cm³/mol. The van der Waals surface area contributed by atoms with E-state index in [2.05, 4.69) is 5.32 Å². The molecule has 4 nitrogen and oxygen atoms in total. The van der Waals surface area contributed by atoms with Crippen molar-refractivity contribution in [3.63, 3.8) is 0 Å². The van der Waals surface area contributed by atoms with Gasteiger partial charge < -0.3 is 10.4 Å². The van der Waals surface area contributed by atoms with Crippen LogP contribution in [-0.4, -0.2) is 23.0 Å². The summed E-state index contributed by atoms with van der Waals surface area (Å²) in [6.07, 6.45) is 2.02. The molecule has 0 spiro atoms. The molecule has 1 aromatic carbocycles. The number of hydrogen-bond acceptors (Lipinski definition) is 2. The number of carbonyl (C=O) groups excluding carboxylic acids is 1. The van der Waals surface area contributed by atoms with Gasteiger partial charge in [0.15, 0.2) is 11.6 Å². The first kappa shape index (κ1) is 15.7. The number of benzene rings is 1. The van der Waals surface area contributed by atoms with E-state index in [1.54, 1.807) is 0 Å². The smallest absolute Gasteiger partial charge is 0.306 e. The van der Waals surface area contributed by atoms with Gasteiger partial charge in [-0.3, -0.25) is 9.59 Å². The second kappa shape index (κ2) is 6.39. The van der Waals surface area contributed by atoms with E-state index in [4.69, 9.17) is 16.7 Å². The molecule has 1 saturated carbocycles. The molecule has 1 aliphatic rings. The largest absolute Gasteiger partial charge is 0.481 e. The van der Waals surface area contributed by atoms with Crippen molar-refractivity contribution in [3.05, 3.63) is 34.4 Å². The minimum atomic E-state index is -1.14. The predicted octanol–water partition coefficient (Wildman–Crippen LogP) is 2.99. The Morgan fingerprint density at radius 2 is 1.71 bits per heavy atom. The minimum absolute atomic E-state index is 0.129. The number of rotatable bonds is 3. The Morgan fingerprint density at radius 1 is 1.14 bits per heavy atom. The van der Waals surface area contributed by atoms with Gasteiger partial charge in [0.25, 0.3) is 5.91 Å². The second-order valence-corrected chi connectivity index (χ2v) is 5.51. The second-order valence-electron chi connectivity index (χ2n) is 5.11. The molecular weight excluding hydrogens is 304 g/mol. The van der Waals surface area contributed by atoms with E-state index in [-0.39, 0.29) is 22.5 Å². The minimum Gasteiger partial charge on any atom is -0.481 e. The molecule has 2 N–H and O–H groups in total. The Kier molecular flexibility index (Phi) is 4.77. The number of amides is 1. The summed E-state index contributed by atoms with van der Waals surface area (Å²) in [5.74, 6) is -4.05. The molecule has 0 saturated heterocycles. The fraction of sp³-hybridized carbons (Fsp3) is 0.429. The summed E-state index contributed by atoms with van der Waals surface area (Å²) in [5.41, 5.74) is -0.129. The van der Waals surface area contributed by atoms with Crippen LogP contribution >= 0.6 is 11.6 Å². The number of carbonyl (C=O) groups is 2. The monoisotopic (exact) mass is 317 g/mol. The van der Waals surface area contributed by atoms with Crippen LogP contribution in [0.1, 0.15) is 36.0 Å². The van der Waals surface area contributed by atoms with Crippen LogP contribution in [0.4, 0.5) is 8.78 Å². The highest BCUT2D eigenvalue weighted by Gasteiger charge is 2.27. The highest BCUT2D eigenvalue weighted by atomic mass is 35.5. The lowest BCUT2D eigenvalue weighted by Gasteiger charge is -2.26. The maximum absolute atomic E-state index is 13.2. The van der Waals surface area contributed by atoms with Gasteiger partial charge in [0.05, 0.1) is 16.5 Å². The average molecular weight is 318 g/mol. The summed E-state index contributed by atoms with van der Waals surface area (Å²) in [6, 6.07) is 1.33. The molecule has 2 rings (SSSR count). The van der Waals surface area contributed by atoms with Crippen molar-refractivity contribution in [1.29, 1.82) is 0 Å². The van der Waals surface area contributed by atoms with Crippen molar-refractivity contribution in [2.75, 3.05) is 0 Å². The third-order valence-corrected chi connectivity index (χ3v) is 3.98. The molecule has 0 aliphatic heterocycles. The normalized spacial score (nSPS) is 21.9. The van der Waals surface area contributed by atoms with Gasteiger partial charge in [0.2, 0.25) is 0 Å². The molecule has 7 heteroatoms. The zero-order chi connectivity index (χ0) is 15.6. The molecule has 0 bridgehead atoms. The maximum atomic E-state index is 13.2. The molecule has 1 aliphatic carbocycles. The fourth-order valence-electron chi connectivity index (χ4n) is 2.44. The van der Waals surface area contributed by atoms with Gasteiger partial charge >= 0.3 is 5.97 Å². The summed E-state index contributed by atoms with van der Waals surface area (Å²) in [7, 11) is 0. The van der Waals surface area contributed by atoms with Crippen molar-refractivity contribution in [2.45, 2.75) is 31.7 Å². The number of halogens is 3. The van der Waals surface area contributed by atoms with Crippen molar-refractivity contribution in [3.8, 4) is 0 Å². The van der Waals surface area contributed by atoms with E-state index >= 15 is 0 Å². The van der Waals surface area contributed by atoms with Crippen LogP contribution in [0, 0.1) is 17.6 Å². The first-order valence-electron chi connectivity index (χ1n) is 6.56. The van der Waals surface area contributed by atoms with E-state index in [9.17, 15) is 18.4 Å². The van der Waals surface area contributed by atoms with Crippen LogP contribution in [0.3, 0.4) is 0 Å². The molecule has 0 aromatic heterocycles. The molecule has 21 heavy (non-hydrogen) atoms. The third kappa shape index (κ3) is 3.69. The van der Waals surface area contributed by atoms with Crippen LogP contribution in [-0.2, 0) is 4.79 Å². The Labute approximate surface area is 125 Å². The fourth-order valence-corrected chi connectivity index (χ4v) is 2.68. The van der Waals surface area contributed by atoms with Crippen molar-refractivity contribution in [2.24, 2.45) is 5.92 Å². The van der Waals surface area contributed by atoms with E-state index in [0.29, 0.717) is 25.7 Å². The molecule has 0 radical (unpaired) electrons. The topological polar surface area (TPSA) is 66.4 Å². The quantitative estimate of drug-likeness (QED) is 0.842. The summed E-state index contributed by atoms with van der Waals surface area (Å²) in [4.78, 5) is 22.8. The first-order chi connectivity index (χ1) is 9.88.